The van der Waals surface area contributed by atoms with Gasteiger partial charge in [0.1, 0.15) is 11.3 Å². The van der Waals surface area contributed by atoms with E-state index in [9.17, 15) is 9.59 Å². The molecule has 3 heterocycles. The van der Waals surface area contributed by atoms with Crippen LogP contribution in [0.15, 0.2) is 45.9 Å². The number of rotatable bonds is 5. The number of benzene rings is 1. The lowest BCUT2D eigenvalue weighted by atomic mass is 9.96. The minimum atomic E-state index is -0.608. The van der Waals surface area contributed by atoms with Gasteiger partial charge in [-0.05, 0) is 63.3 Å². The average Bonchev–Trinajstić information content (AvgIpc) is 3.25. The second-order valence-electron chi connectivity index (χ2n) is 8.05. The summed E-state index contributed by atoms with van der Waals surface area (Å²) in [6, 6.07) is 7.30. The summed E-state index contributed by atoms with van der Waals surface area (Å²) in [5, 5.41) is 5.14. The summed E-state index contributed by atoms with van der Waals surface area (Å²) in [7, 11) is 0. The van der Waals surface area contributed by atoms with Crippen LogP contribution >= 0.6 is 0 Å². The highest BCUT2D eigenvalue weighted by Gasteiger charge is 2.27. The maximum atomic E-state index is 12.9. The van der Waals surface area contributed by atoms with Gasteiger partial charge in [0, 0.05) is 49.0 Å². The molecule has 0 saturated carbocycles. The van der Waals surface area contributed by atoms with E-state index in [1.54, 1.807) is 26.1 Å². The maximum absolute atomic E-state index is 12.9. The first-order valence-corrected chi connectivity index (χ1v) is 10.4. The Hall–Kier alpha value is -3.09. The molecule has 0 N–H and O–H groups in total. The van der Waals surface area contributed by atoms with Crippen LogP contribution in [0, 0.1) is 19.8 Å². The van der Waals surface area contributed by atoms with Crippen LogP contribution in [0.4, 0.5) is 0 Å². The van der Waals surface area contributed by atoms with Crippen molar-refractivity contribution in [3.05, 3.63) is 58.2 Å². The van der Waals surface area contributed by atoms with Crippen molar-refractivity contribution in [1.82, 2.24) is 14.7 Å². The number of ether oxygens (including phenoxy) is 1. The minimum absolute atomic E-state index is 0.0193. The third kappa shape index (κ3) is 4.10. The van der Waals surface area contributed by atoms with Crippen LogP contribution in [-0.2, 0) is 11.3 Å². The summed E-state index contributed by atoms with van der Waals surface area (Å²) in [5.41, 5.74) is 1.63. The van der Waals surface area contributed by atoms with Crippen molar-refractivity contribution in [2.45, 2.75) is 46.3 Å². The largest absolute Gasteiger partial charge is 0.481 e. The van der Waals surface area contributed by atoms with E-state index in [0.29, 0.717) is 22.8 Å². The Balaban J connectivity index is 1.38. The molecule has 4 rings (SSSR count). The van der Waals surface area contributed by atoms with Crippen LogP contribution in [0.25, 0.3) is 11.0 Å². The number of hydrogen-bond acceptors (Lipinski definition) is 5. The summed E-state index contributed by atoms with van der Waals surface area (Å²) in [6.45, 7) is 7.76. The second kappa shape index (κ2) is 8.34. The van der Waals surface area contributed by atoms with Crippen molar-refractivity contribution in [2.75, 3.05) is 13.1 Å². The SMILES string of the molecule is Cc1c(C)c2ccc(OC(C)C(=O)N3CCC(Cn4cccn4)CC3)cc2oc1=O. The first-order valence-electron chi connectivity index (χ1n) is 10.4. The Morgan fingerprint density at radius 3 is 2.73 bits per heavy atom. The lowest BCUT2D eigenvalue weighted by molar-refractivity contribution is -0.139. The Bertz CT molecular complexity index is 1100. The summed E-state index contributed by atoms with van der Waals surface area (Å²) < 4.78 is 13.2. The Morgan fingerprint density at radius 2 is 2.03 bits per heavy atom. The molecule has 1 aromatic carbocycles. The van der Waals surface area contributed by atoms with E-state index in [1.807, 2.05) is 40.9 Å². The van der Waals surface area contributed by atoms with E-state index in [4.69, 9.17) is 9.15 Å². The van der Waals surface area contributed by atoms with E-state index in [2.05, 4.69) is 5.10 Å². The van der Waals surface area contributed by atoms with E-state index in [0.717, 1.165) is 43.4 Å². The van der Waals surface area contributed by atoms with Gasteiger partial charge in [-0.15, -0.1) is 0 Å². The number of likely N-dealkylation sites (tertiary alicyclic amines) is 1. The summed E-state index contributed by atoms with van der Waals surface area (Å²) in [4.78, 5) is 26.7. The molecular weight excluding hydrogens is 382 g/mol. The van der Waals surface area contributed by atoms with Crippen molar-refractivity contribution in [2.24, 2.45) is 5.92 Å². The molecule has 1 aliphatic rings. The van der Waals surface area contributed by atoms with Gasteiger partial charge in [0.25, 0.3) is 5.91 Å². The van der Waals surface area contributed by atoms with Crippen molar-refractivity contribution < 1.29 is 13.9 Å². The predicted molar refractivity (Wildman–Crippen MR) is 114 cm³/mol. The number of amides is 1. The lowest BCUT2D eigenvalue weighted by Crippen LogP contribution is -2.45. The molecule has 7 nitrogen and oxygen atoms in total. The first-order chi connectivity index (χ1) is 14.4. The molecule has 0 aliphatic carbocycles. The minimum Gasteiger partial charge on any atom is -0.481 e. The van der Waals surface area contributed by atoms with Gasteiger partial charge in [-0.2, -0.15) is 5.10 Å². The number of carbonyl (C=O) groups is 1. The molecule has 158 valence electrons. The van der Waals surface area contributed by atoms with E-state index >= 15 is 0 Å². The molecule has 1 saturated heterocycles. The summed E-state index contributed by atoms with van der Waals surface area (Å²) in [6.07, 6.45) is 5.07. The number of fused-ring (bicyclic) bond motifs is 1. The van der Waals surface area contributed by atoms with Crippen LogP contribution < -0.4 is 10.4 Å². The number of piperidine rings is 1. The molecule has 7 heteroatoms. The zero-order chi connectivity index (χ0) is 21.3. The van der Waals surface area contributed by atoms with Crippen LogP contribution in [0.2, 0.25) is 0 Å². The fourth-order valence-electron chi connectivity index (χ4n) is 4.02. The van der Waals surface area contributed by atoms with Gasteiger partial charge in [0.2, 0.25) is 0 Å². The monoisotopic (exact) mass is 409 g/mol. The predicted octanol–water partition coefficient (Wildman–Crippen LogP) is 3.31. The molecule has 30 heavy (non-hydrogen) atoms. The lowest BCUT2D eigenvalue weighted by Gasteiger charge is -2.33. The van der Waals surface area contributed by atoms with Gasteiger partial charge < -0.3 is 14.1 Å². The molecule has 0 bridgehead atoms. The zero-order valence-electron chi connectivity index (χ0n) is 17.6. The standard InChI is InChI=1S/C23H27N3O4/c1-15-16(2)23(28)30-21-13-19(5-6-20(15)21)29-17(3)22(27)25-11-7-18(8-12-25)14-26-10-4-9-24-26/h4-6,9-10,13,17-18H,7-8,11-12,14H2,1-3H3. The normalized spacial score (nSPS) is 16.0. The molecule has 0 radical (unpaired) electrons. The molecule has 1 fully saturated rings. The number of carbonyl (C=O) groups excluding carboxylic acids is 1. The molecular formula is C23H27N3O4. The number of aromatic nitrogens is 2. The molecule has 0 spiro atoms. The quantitative estimate of drug-likeness (QED) is 0.604. The van der Waals surface area contributed by atoms with Crippen LogP contribution in [0.3, 0.4) is 0 Å². The van der Waals surface area contributed by atoms with Gasteiger partial charge in [-0.25, -0.2) is 4.79 Å². The number of nitrogens with zero attached hydrogens (tertiary/aromatic N) is 3. The average molecular weight is 409 g/mol. The van der Waals surface area contributed by atoms with Gasteiger partial charge in [-0.3, -0.25) is 9.48 Å². The van der Waals surface area contributed by atoms with E-state index in [-0.39, 0.29) is 11.5 Å². The third-order valence-corrected chi connectivity index (χ3v) is 6.02. The van der Waals surface area contributed by atoms with Crippen LogP contribution in [0.1, 0.15) is 30.9 Å². The van der Waals surface area contributed by atoms with Gasteiger partial charge in [-0.1, -0.05) is 0 Å². The summed E-state index contributed by atoms with van der Waals surface area (Å²) in [5.74, 6) is 1.03. The molecule has 1 amide bonds. The highest BCUT2D eigenvalue weighted by atomic mass is 16.5. The maximum Gasteiger partial charge on any atom is 0.339 e. The molecule has 1 aliphatic heterocycles. The third-order valence-electron chi connectivity index (χ3n) is 6.02. The Kier molecular flexibility index (Phi) is 5.61. The van der Waals surface area contributed by atoms with E-state index in [1.165, 1.54) is 0 Å². The second-order valence-corrected chi connectivity index (χ2v) is 8.05. The zero-order valence-corrected chi connectivity index (χ0v) is 17.6. The van der Waals surface area contributed by atoms with Crippen LogP contribution in [0.5, 0.6) is 5.75 Å². The smallest absolute Gasteiger partial charge is 0.339 e. The van der Waals surface area contributed by atoms with Crippen LogP contribution in [-0.4, -0.2) is 39.8 Å². The number of aryl methyl sites for hydroxylation is 1. The molecule has 1 unspecified atom stereocenters. The van der Waals surface area contributed by atoms with Crippen molar-refractivity contribution in [1.29, 1.82) is 0 Å². The highest BCUT2D eigenvalue weighted by molar-refractivity contribution is 5.83. The Morgan fingerprint density at radius 1 is 1.27 bits per heavy atom. The molecule has 1 atom stereocenters. The topological polar surface area (TPSA) is 77.6 Å². The fourth-order valence-corrected chi connectivity index (χ4v) is 4.02. The van der Waals surface area contributed by atoms with E-state index < -0.39 is 6.10 Å². The van der Waals surface area contributed by atoms with Crippen molar-refractivity contribution in [3.63, 3.8) is 0 Å². The van der Waals surface area contributed by atoms with Crippen molar-refractivity contribution >= 4 is 16.9 Å². The highest BCUT2D eigenvalue weighted by Crippen LogP contribution is 2.25. The summed E-state index contributed by atoms with van der Waals surface area (Å²) >= 11 is 0. The Labute approximate surface area is 175 Å². The van der Waals surface area contributed by atoms with Gasteiger partial charge >= 0.3 is 5.63 Å². The molecule has 3 aromatic rings. The van der Waals surface area contributed by atoms with Gasteiger partial charge in [0.15, 0.2) is 6.10 Å². The fraction of sp³-hybridized carbons (Fsp3) is 0.435. The van der Waals surface area contributed by atoms with Crippen molar-refractivity contribution in [3.8, 4) is 5.75 Å². The van der Waals surface area contributed by atoms with Gasteiger partial charge in [0.05, 0.1) is 0 Å². The number of hydrogen-bond donors (Lipinski definition) is 0. The first kappa shape index (κ1) is 20.2. The molecule has 2 aromatic heterocycles.